The number of nitrogens with one attached hydrogen (secondary N) is 1. The van der Waals surface area contributed by atoms with Crippen molar-refractivity contribution in [2.45, 2.75) is 13.5 Å². The summed E-state index contributed by atoms with van der Waals surface area (Å²) in [6.07, 6.45) is 0. The van der Waals surface area contributed by atoms with E-state index in [1.807, 2.05) is 0 Å². The topological polar surface area (TPSA) is 74.7 Å². The summed E-state index contributed by atoms with van der Waals surface area (Å²) in [6, 6.07) is 6.18. The first-order chi connectivity index (χ1) is 8.20. The molecule has 0 unspecified atom stereocenters. The summed E-state index contributed by atoms with van der Waals surface area (Å²) in [5.74, 6) is 0.358. The molecule has 6 heteroatoms. The van der Waals surface area contributed by atoms with Gasteiger partial charge in [0.05, 0.1) is 12.2 Å². The number of aryl methyl sites for hydroxylation is 1. The van der Waals surface area contributed by atoms with Gasteiger partial charge in [0.15, 0.2) is 5.82 Å². The van der Waals surface area contributed by atoms with E-state index >= 15 is 0 Å². The van der Waals surface area contributed by atoms with E-state index in [0.717, 1.165) is 0 Å². The third-order valence-electron chi connectivity index (χ3n) is 2.13. The molecule has 0 aliphatic carbocycles. The van der Waals surface area contributed by atoms with Crippen LogP contribution in [0.5, 0.6) is 0 Å². The zero-order valence-corrected chi connectivity index (χ0v) is 9.07. The fraction of sp³-hybridized carbons (Fsp3) is 0.182. The van der Waals surface area contributed by atoms with Crippen molar-refractivity contribution >= 4 is 5.69 Å². The fourth-order valence-corrected chi connectivity index (χ4v) is 1.37. The van der Waals surface area contributed by atoms with E-state index in [4.69, 9.17) is 9.78 Å². The van der Waals surface area contributed by atoms with Crippen LogP contribution in [0.4, 0.5) is 10.1 Å². The van der Waals surface area contributed by atoms with Crippen LogP contribution in [0.25, 0.3) is 0 Å². The van der Waals surface area contributed by atoms with Gasteiger partial charge in [-0.1, -0.05) is 11.2 Å². The molecule has 0 saturated carbocycles. The van der Waals surface area contributed by atoms with Crippen LogP contribution in [-0.2, 0) is 6.54 Å². The average Bonchev–Trinajstić information content (AvgIpc) is 2.72. The molecule has 0 fully saturated rings. The molecular formula is C11H9FN4O. The van der Waals surface area contributed by atoms with Gasteiger partial charge < -0.3 is 9.84 Å². The third-order valence-corrected chi connectivity index (χ3v) is 2.13. The summed E-state index contributed by atoms with van der Waals surface area (Å²) in [5.41, 5.74) is 0.382. The van der Waals surface area contributed by atoms with Crippen molar-refractivity contribution in [1.82, 2.24) is 10.1 Å². The normalized spacial score (nSPS) is 9.94. The van der Waals surface area contributed by atoms with Crippen LogP contribution < -0.4 is 5.32 Å². The van der Waals surface area contributed by atoms with Crippen molar-refractivity contribution in [3.05, 3.63) is 41.3 Å². The molecule has 17 heavy (non-hydrogen) atoms. The van der Waals surface area contributed by atoms with Gasteiger partial charge in [-0.2, -0.15) is 10.2 Å². The number of benzene rings is 1. The maximum Gasteiger partial charge on any atom is 0.245 e. The highest BCUT2D eigenvalue weighted by atomic mass is 19.1. The summed E-state index contributed by atoms with van der Waals surface area (Å²) in [7, 11) is 0. The first-order valence-electron chi connectivity index (χ1n) is 4.92. The van der Waals surface area contributed by atoms with E-state index in [1.165, 1.54) is 12.1 Å². The first-order valence-corrected chi connectivity index (χ1v) is 4.92. The quantitative estimate of drug-likeness (QED) is 0.875. The highest BCUT2D eigenvalue weighted by molar-refractivity contribution is 5.57. The number of nitrogens with zero attached hydrogens (tertiary/aromatic N) is 3. The van der Waals surface area contributed by atoms with Crippen molar-refractivity contribution in [3.8, 4) is 6.07 Å². The Hall–Kier alpha value is -2.42. The molecular weight excluding hydrogens is 223 g/mol. The van der Waals surface area contributed by atoms with E-state index < -0.39 is 5.82 Å². The maximum absolute atomic E-state index is 13.3. The van der Waals surface area contributed by atoms with E-state index in [9.17, 15) is 4.39 Å². The van der Waals surface area contributed by atoms with Gasteiger partial charge in [-0.15, -0.1) is 0 Å². The minimum Gasteiger partial charge on any atom is -0.375 e. The maximum atomic E-state index is 13.3. The molecule has 1 heterocycles. The Morgan fingerprint density at radius 2 is 2.35 bits per heavy atom. The monoisotopic (exact) mass is 232 g/mol. The van der Waals surface area contributed by atoms with Crippen LogP contribution >= 0.6 is 0 Å². The van der Waals surface area contributed by atoms with Gasteiger partial charge in [0.1, 0.15) is 17.4 Å². The standard InChI is InChI=1S/C11H9FN4O/c1-7-15-11(17-16-7)6-14-10-4-2-3-9(12)8(10)5-13/h2-4,14H,6H2,1H3. The molecule has 0 bridgehead atoms. The minimum atomic E-state index is -0.556. The van der Waals surface area contributed by atoms with Gasteiger partial charge in [0.25, 0.3) is 0 Å². The number of nitriles is 1. The van der Waals surface area contributed by atoms with Crippen LogP contribution in [0.1, 0.15) is 17.3 Å². The lowest BCUT2D eigenvalue weighted by Crippen LogP contribution is -2.02. The SMILES string of the molecule is Cc1noc(CNc2cccc(F)c2C#N)n1. The highest BCUT2D eigenvalue weighted by Crippen LogP contribution is 2.18. The number of hydrogen-bond acceptors (Lipinski definition) is 5. The van der Waals surface area contributed by atoms with E-state index in [2.05, 4.69) is 15.5 Å². The summed E-state index contributed by atoms with van der Waals surface area (Å²) in [4.78, 5) is 3.99. The molecule has 86 valence electrons. The molecule has 0 saturated heterocycles. The molecule has 0 atom stereocenters. The average molecular weight is 232 g/mol. The predicted molar refractivity (Wildman–Crippen MR) is 57.5 cm³/mol. The van der Waals surface area contributed by atoms with Gasteiger partial charge in [0.2, 0.25) is 5.89 Å². The third kappa shape index (κ3) is 2.39. The number of anilines is 1. The summed E-state index contributed by atoms with van der Waals surface area (Å²) in [6.45, 7) is 1.95. The predicted octanol–water partition coefficient (Wildman–Crippen LogP) is 2.00. The second-order valence-electron chi connectivity index (χ2n) is 3.36. The van der Waals surface area contributed by atoms with Crippen LogP contribution in [0.3, 0.4) is 0 Å². The second kappa shape index (κ2) is 4.61. The van der Waals surface area contributed by atoms with Gasteiger partial charge in [-0.25, -0.2) is 4.39 Å². The number of halogens is 1. The Morgan fingerprint density at radius 1 is 1.53 bits per heavy atom. The van der Waals surface area contributed by atoms with Gasteiger partial charge >= 0.3 is 0 Å². The van der Waals surface area contributed by atoms with Crippen molar-refractivity contribution < 1.29 is 8.91 Å². The van der Waals surface area contributed by atoms with Gasteiger partial charge in [-0.05, 0) is 19.1 Å². The number of aromatic nitrogens is 2. The Labute approximate surface area is 96.9 Å². The Morgan fingerprint density at radius 3 is 3.00 bits per heavy atom. The molecule has 1 aromatic carbocycles. The van der Waals surface area contributed by atoms with Crippen molar-refractivity contribution in [2.24, 2.45) is 0 Å². The number of hydrogen-bond donors (Lipinski definition) is 1. The number of rotatable bonds is 3. The van der Waals surface area contributed by atoms with Gasteiger partial charge in [0, 0.05) is 0 Å². The van der Waals surface area contributed by atoms with E-state index in [0.29, 0.717) is 17.4 Å². The minimum absolute atomic E-state index is 0.0243. The lowest BCUT2D eigenvalue weighted by molar-refractivity contribution is 0.379. The first kappa shape index (κ1) is 11.1. The largest absolute Gasteiger partial charge is 0.375 e. The molecule has 5 nitrogen and oxygen atoms in total. The zero-order valence-electron chi connectivity index (χ0n) is 9.07. The smallest absolute Gasteiger partial charge is 0.245 e. The lowest BCUT2D eigenvalue weighted by atomic mass is 10.2. The summed E-state index contributed by atoms with van der Waals surface area (Å²) < 4.78 is 18.2. The zero-order chi connectivity index (χ0) is 12.3. The lowest BCUT2D eigenvalue weighted by Gasteiger charge is -2.05. The van der Waals surface area contributed by atoms with E-state index in [1.54, 1.807) is 19.1 Å². The Kier molecular flexibility index (Phi) is 3.01. The molecule has 0 radical (unpaired) electrons. The fourth-order valence-electron chi connectivity index (χ4n) is 1.37. The molecule has 2 aromatic rings. The second-order valence-corrected chi connectivity index (χ2v) is 3.36. The van der Waals surface area contributed by atoms with Crippen LogP contribution in [0.15, 0.2) is 22.7 Å². The highest BCUT2D eigenvalue weighted by Gasteiger charge is 2.08. The Bertz CT molecular complexity index is 573. The van der Waals surface area contributed by atoms with Crippen LogP contribution in [0, 0.1) is 24.1 Å². The van der Waals surface area contributed by atoms with Crippen LogP contribution in [0.2, 0.25) is 0 Å². The summed E-state index contributed by atoms with van der Waals surface area (Å²) in [5, 5.41) is 15.3. The van der Waals surface area contributed by atoms with Crippen LogP contribution in [-0.4, -0.2) is 10.1 Å². The van der Waals surface area contributed by atoms with E-state index in [-0.39, 0.29) is 12.1 Å². The van der Waals surface area contributed by atoms with Crippen molar-refractivity contribution in [1.29, 1.82) is 5.26 Å². The molecule has 0 amide bonds. The molecule has 1 aromatic heterocycles. The molecule has 1 N–H and O–H groups in total. The van der Waals surface area contributed by atoms with Crippen molar-refractivity contribution in [3.63, 3.8) is 0 Å². The Balaban J connectivity index is 2.14. The molecule has 2 rings (SSSR count). The summed E-state index contributed by atoms with van der Waals surface area (Å²) >= 11 is 0. The molecule has 0 aliphatic rings. The molecule has 0 aliphatic heterocycles. The molecule has 0 spiro atoms. The van der Waals surface area contributed by atoms with Crippen molar-refractivity contribution in [2.75, 3.05) is 5.32 Å². The van der Waals surface area contributed by atoms with Gasteiger partial charge in [-0.3, -0.25) is 0 Å².